The quantitative estimate of drug-likeness (QED) is 0.0235. The number of esters is 3. The molecule has 0 aromatic heterocycles. The fourth-order valence-electron chi connectivity index (χ4n) is 6.23. The Bertz CT molecular complexity index is 1300. The number of rotatable bonds is 35. The number of hydrogen-bond donors (Lipinski definition) is 1. The van der Waals surface area contributed by atoms with E-state index in [9.17, 15) is 19.5 Å². The maximum absolute atomic E-state index is 12.7. The zero-order valence-corrected chi connectivity index (χ0v) is 36.8. The summed E-state index contributed by atoms with van der Waals surface area (Å²) in [6.45, 7) is 9.84. The van der Waals surface area contributed by atoms with Crippen molar-refractivity contribution in [1.29, 1.82) is 0 Å². The fraction of sp³-hybridized carbons (Fsp3) is 0.735. The summed E-state index contributed by atoms with van der Waals surface area (Å²) in [4.78, 5) is 37.9. The molecule has 0 heterocycles. The Morgan fingerprint density at radius 2 is 1.02 bits per heavy atom. The van der Waals surface area contributed by atoms with Gasteiger partial charge in [-0.3, -0.25) is 14.4 Å². The first-order valence-corrected chi connectivity index (χ1v) is 22.7. The molecule has 0 spiro atoms. The van der Waals surface area contributed by atoms with Crippen LogP contribution in [0.1, 0.15) is 198 Å². The molecule has 58 heavy (non-hydrogen) atoms. The minimum absolute atomic E-state index is 0.0262. The zero-order chi connectivity index (χ0) is 42.3. The molecule has 1 aromatic carbocycles. The minimum atomic E-state index is -0.559. The second kappa shape index (κ2) is 37.9. The van der Waals surface area contributed by atoms with E-state index in [0.29, 0.717) is 56.6 Å². The fourth-order valence-corrected chi connectivity index (χ4v) is 6.23. The van der Waals surface area contributed by atoms with Crippen LogP contribution in [0, 0.1) is 29.6 Å². The van der Waals surface area contributed by atoms with Gasteiger partial charge in [0.05, 0.1) is 38.8 Å². The average molecular weight is 811 g/mol. The second-order valence-corrected chi connectivity index (χ2v) is 15.1. The van der Waals surface area contributed by atoms with E-state index in [0.717, 1.165) is 108 Å². The Labute approximate surface area is 352 Å². The molecule has 1 N–H and O–H groups in total. The number of unbranched alkanes of at least 4 members (excludes halogenated alkanes) is 12. The largest absolute Gasteiger partial charge is 0.465 e. The lowest BCUT2D eigenvalue weighted by Gasteiger charge is -2.17. The van der Waals surface area contributed by atoms with Crippen molar-refractivity contribution in [3.63, 3.8) is 0 Å². The summed E-state index contributed by atoms with van der Waals surface area (Å²) in [6.07, 6.45) is 20.7. The van der Waals surface area contributed by atoms with Crippen LogP contribution in [0.25, 0.3) is 0 Å². The molecule has 0 aliphatic carbocycles. The predicted molar refractivity (Wildman–Crippen MR) is 231 cm³/mol. The van der Waals surface area contributed by atoms with Gasteiger partial charge in [0.15, 0.2) is 6.29 Å². The molecule has 0 radical (unpaired) electrons. The number of carbonyl (C=O) groups is 3. The Morgan fingerprint density at radius 1 is 0.517 bits per heavy atom. The van der Waals surface area contributed by atoms with Gasteiger partial charge in [0.2, 0.25) is 0 Å². The van der Waals surface area contributed by atoms with E-state index in [2.05, 4.69) is 51.4 Å². The number of ether oxygens (including phenoxy) is 5. The van der Waals surface area contributed by atoms with Crippen LogP contribution in [0.4, 0.5) is 0 Å². The van der Waals surface area contributed by atoms with Gasteiger partial charge in [-0.1, -0.05) is 110 Å². The van der Waals surface area contributed by atoms with Crippen molar-refractivity contribution in [3.05, 3.63) is 34.9 Å². The van der Waals surface area contributed by atoms with E-state index in [-0.39, 0.29) is 50.1 Å². The molecule has 9 nitrogen and oxygen atoms in total. The van der Waals surface area contributed by atoms with Gasteiger partial charge >= 0.3 is 17.9 Å². The SMILES string of the molecule is CCCCC#CCCOC(CCC(=O)OCc1cc(CO)cc(COC(=O)CCCCCCCOC(=O)C(CCCC)CCCCCC)c1)OCCC#CCCCC. The molecule has 328 valence electrons. The first kappa shape index (κ1) is 52.6. The third kappa shape index (κ3) is 29.8. The van der Waals surface area contributed by atoms with Crippen molar-refractivity contribution in [2.45, 2.75) is 208 Å². The monoisotopic (exact) mass is 811 g/mol. The molecular formula is C49H78O9. The number of aliphatic hydroxyl groups is 1. The van der Waals surface area contributed by atoms with Crippen molar-refractivity contribution >= 4 is 17.9 Å². The molecule has 0 amide bonds. The molecule has 0 bridgehead atoms. The van der Waals surface area contributed by atoms with Crippen LogP contribution in [0.2, 0.25) is 0 Å². The molecule has 0 aliphatic rings. The van der Waals surface area contributed by atoms with Crippen LogP contribution in [0.15, 0.2) is 18.2 Å². The number of hydrogen-bond acceptors (Lipinski definition) is 9. The van der Waals surface area contributed by atoms with E-state index in [4.69, 9.17) is 23.7 Å². The van der Waals surface area contributed by atoms with Gasteiger partial charge in [0, 0.05) is 38.5 Å². The number of aliphatic hydroxyl groups excluding tert-OH is 1. The predicted octanol–water partition coefficient (Wildman–Crippen LogP) is 11.2. The first-order chi connectivity index (χ1) is 28.4. The van der Waals surface area contributed by atoms with E-state index in [1.807, 2.05) is 6.07 Å². The van der Waals surface area contributed by atoms with Crippen molar-refractivity contribution in [2.75, 3.05) is 19.8 Å². The van der Waals surface area contributed by atoms with Gasteiger partial charge in [-0.05, 0) is 61.3 Å². The topological polar surface area (TPSA) is 118 Å². The van der Waals surface area contributed by atoms with Crippen molar-refractivity contribution in [2.24, 2.45) is 5.92 Å². The molecule has 0 saturated heterocycles. The van der Waals surface area contributed by atoms with Crippen LogP contribution >= 0.6 is 0 Å². The molecule has 0 fully saturated rings. The lowest BCUT2D eigenvalue weighted by atomic mass is 9.95. The van der Waals surface area contributed by atoms with Crippen molar-refractivity contribution in [3.8, 4) is 23.7 Å². The van der Waals surface area contributed by atoms with Gasteiger partial charge in [0.1, 0.15) is 13.2 Å². The van der Waals surface area contributed by atoms with Gasteiger partial charge in [-0.15, -0.1) is 23.7 Å². The maximum atomic E-state index is 12.7. The van der Waals surface area contributed by atoms with Gasteiger partial charge in [-0.2, -0.15) is 0 Å². The summed E-state index contributed by atoms with van der Waals surface area (Å²) in [5.41, 5.74) is 2.06. The van der Waals surface area contributed by atoms with Gasteiger partial charge in [-0.25, -0.2) is 0 Å². The lowest BCUT2D eigenvalue weighted by molar-refractivity contribution is -0.158. The van der Waals surface area contributed by atoms with E-state index >= 15 is 0 Å². The third-order valence-corrected chi connectivity index (χ3v) is 9.72. The maximum Gasteiger partial charge on any atom is 0.308 e. The Kier molecular flexibility index (Phi) is 34.4. The second-order valence-electron chi connectivity index (χ2n) is 15.1. The molecule has 0 aliphatic heterocycles. The van der Waals surface area contributed by atoms with Gasteiger partial charge < -0.3 is 28.8 Å². The van der Waals surface area contributed by atoms with Crippen LogP contribution in [0.3, 0.4) is 0 Å². The minimum Gasteiger partial charge on any atom is -0.465 e. The van der Waals surface area contributed by atoms with E-state index in [1.165, 1.54) is 19.3 Å². The summed E-state index contributed by atoms with van der Waals surface area (Å²) in [5.74, 6) is 11.9. The summed E-state index contributed by atoms with van der Waals surface area (Å²) < 4.78 is 28.6. The molecule has 1 rings (SSSR count). The molecule has 9 heteroatoms. The summed E-state index contributed by atoms with van der Waals surface area (Å²) in [6, 6.07) is 5.38. The van der Waals surface area contributed by atoms with E-state index in [1.54, 1.807) is 12.1 Å². The smallest absolute Gasteiger partial charge is 0.308 e. The highest BCUT2D eigenvalue weighted by atomic mass is 16.7. The third-order valence-electron chi connectivity index (χ3n) is 9.72. The molecule has 0 saturated carbocycles. The summed E-state index contributed by atoms with van der Waals surface area (Å²) >= 11 is 0. The molecule has 1 unspecified atom stereocenters. The van der Waals surface area contributed by atoms with Crippen LogP contribution in [-0.4, -0.2) is 49.1 Å². The normalized spacial score (nSPS) is 11.3. The molecular weight excluding hydrogens is 733 g/mol. The average Bonchev–Trinajstić information content (AvgIpc) is 3.23. The van der Waals surface area contributed by atoms with Crippen LogP contribution < -0.4 is 0 Å². The molecule has 1 atom stereocenters. The highest BCUT2D eigenvalue weighted by molar-refractivity contribution is 5.72. The Hall–Kier alpha value is -3.37. The Balaban J connectivity index is 2.44. The summed E-state index contributed by atoms with van der Waals surface area (Å²) in [5, 5.41) is 9.84. The van der Waals surface area contributed by atoms with E-state index < -0.39 is 6.29 Å². The van der Waals surface area contributed by atoms with Crippen LogP contribution in [0.5, 0.6) is 0 Å². The van der Waals surface area contributed by atoms with Crippen molar-refractivity contribution in [1.82, 2.24) is 0 Å². The highest BCUT2D eigenvalue weighted by Crippen LogP contribution is 2.20. The number of carbonyl (C=O) groups excluding carboxylic acids is 3. The first-order valence-electron chi connectivity index (χ1n) is 22.7. The van der Waals surface area contributed by atoms with Gasteiger partial charge in [0.25, 0.3) is 0 Å². The Morgan fingerprint density at radius 3 is 1.60 bits per heavy atom. The standard InChI is InChI=1S/C49H78O9/c1-5-9-13-16-20-25-33-54-48(55-34-26-21-17-14-10-6-2)32-31-47(52)58-41-44-37-42(39-50)36-43(38-44)40-57-46(51)30-24-19-18-22-27-35-56-49(53)45(28-12-8-4)29-23-15-11-7-3/h36-38,45,48,50H,5-15,18-19,22-35,39-41H2,1-4H3. The highest BCUT2D eigenvalue weighted by Gasteiger charge is 2.19. The zero-order valence-electron chi connectivity index (χ0n) is 36.8. The van der Waals surface area contributed by atoms with Crippen LogP contribution in [-0.2, 0) is 57.9 Å². The lowest BCUT2D eigenvalue weighted by Crippen LogP contribution is -2.20. The summed E-state index contributed by atoms with van der Waals surface area (Å²) in [7, 11) is 0. The van der Waals surface area contributed by atoms with Crippen molar-refractivity contribution < 1.29 is 43.2 Å². The number of benzene rings is 1. The molecule has 1 aromatic rings.